The lowest BCUT2D eigenvalue weighted by Gasteiger charge is -2.41. The van der Waals surface area contributed by atoms with Crippen molar-refractivity contribution in [3.05, 3.63) is 76.1 Å². The first-order valence-electron chi connectivity index (χ1n) is 14.8. The van der Waals surface area contributed by atoms with Gasteiger partial charge in [0.15, 0.2) is 17.7 Å². The second-order valence-corrected chi connectivity index (χ2v) is 11.7. The van der Waals surface area contributed by atoms with Crippen LogP contribution in [0.2, 0.25) is 5.02 Å². The maximum atomic E-state index is 15.0. The molecule has 11 nitrogen and oxygen atoms in total. The van der Waals surface area contributed by atoms with E-state index < -0.39 is 73.0 Å². The van der Waals surface area contributed by atoms with Crippen LogP contribution in [0.15, 0.2) is 59.7 Å². The van der Waals surface area contributed by atoms with E-state index in [2.05, 4.69) is 5.32 Å². The minimum absolute atomic E-state index is 0.0970. The Morgan fingerprint density at radius 1 is 1.07 bits per heavy atom. The molecule has 2 aromatic carbocycles. The number of carbonyl (C=O) groups excluding carboxylic acids is 1. The zero-order valence-electron chi connectivity index (χ0n) is 25.0. The number of carbonyl (C=O) groups is 1. The lowest BCUT2D eigenvalue weighted by atomic mass is 9.83. The first-order valence-corrected chi connectivity index (χ1v) is 15.1. The topological polar surface area (TPSA) is 156 Å². The van der Waals surface area contributed by atoms with Crippen LogP contribution in [0, 0.1) is 5.82 Å². The highest BCUT2D eigenvalue weighted by atomic mass is 35.5. The van der Waals surface area contributed by atoms with Gasteiger partial charge in [-0.15, -0.1) is 0 Å². The highest BCUT2D eigenvalue weighted by molar-refractivity contribution is 6.30. The van der Waals surface area contributed by atoms with E-state index in [9.17, 15) is 25.2 Å². The fourth-order valence-electron chi connectivity index (χ4n) is 5.66. The number of hydrogen-bond acceptors (Lipinski definition) is 10. The van der Waals surface area contributed by atoms with Gasteiger partial charge in [-0.25, -0.2) is 8.78 Å². The Bertz CT molecular complexity index is 1460. The summed E-state index contributed by atoms with van der Waals surface area (Å²) in [7, 11) is 0. The largest absolute Gasteiger partial charge is 0.489 e. The van der Waals surface area contributed by atoms with Crippen LogP contribution in [-0.2, 0) is 19.0 Å². The average molecular weight is 668 g/mol. The molecule has 1 amide bonds. The number of alkyl halides is 1. The van der Waals surface area contributed by atoms with Crippen molar-refractivity contribution in [2.45, 2.75) is 81.5 Å². The second kappa shape index (κ2) is 14.7. The Hall–Kier alpha value is -3.14. The van der Waals surface area contributed by atoms with Crippen LogP contribution < -0.4 is 14.8 Å². The summed E-state index contributed by atoms with van der Waals surface area (Å²) in [6, 6.07) is 9.30. The maximum Gasteiger partial charge on any atom is 0.247 e. The molecular formula is C32H36ClF2NO10. The fourth-order valence-corrected chi connectivity index (χ4v) is 5.84. The number of halogens is 3. The molecule has 0 bridgehead atoms. The molecule has 0 spiro atoms. The second-order valence-electron chi connectivity index (χ2n) is 11.2. The zero-order valence-corrected chi connectivity index (χ0v) is 25.7. The van der Waals surface area contributed by atoms with Gasteiger partial charge in [-0.1, -0.05) is 30.7 Å². The van der Waals surface area contributed by atoms with E-state index in [0.29, 0.717) is 22.8 Å². The van der Waals surface area contributed by atoms with Crippen molar-refractivity contribution in [2.75, 3.05) is 13.4 Å². The maximum absolute atomic E-state index is 15.0. The number of aliphatic hydroxyl groups is 4. The van der Waals surface area contributed by atoms with Crippen LogP contribution in [0.4, 0.5) is 8.78 Å². The van der Waals surface area contributed by atoms with Gasteiger partial charge in [0.05, 0.1) is 6.04 Å². The first-order chi connectivity index (χ1) is 22.0. The van der Waals surface area contributed by atoms with Crippen LogP contribution in [0.3, 0.4) is 0 Å². The van der Waals surface area contributed by atoms with Crippen molar-refractivity contribution in [3.63, 3.8) is 0 Å². The van der Waals surface area contributed by atoms with E-state index in [1.807, 2.05) is 6.92 Å². The van der Waals surface area contributed by atoms with Crippen molar-refractivity contribution in [1.82, 2.24) is 5.32 Å². The Kier molecular flexibility index (Phi) is 11.0. The van der Waals surface area contributed by atoms with E-state index in [-0.39, 0.29) is 30.3 Å². The minimum Gasteiger partial charge on any atom is -0.489 e. The highest BCUT2D eigenvalue weighted by Crippen LogP contribution is 2.33. The smallest absolute Gasteiger partial charge is 0.247 e. The molecule has 5 rings (SSSR count). The lowest BCUT2D eigenvalue weighted by Crippen LogP contribution is -2.67. The summed E-state index contributed by atoms with van der Waals surface area (Å²) in [6.07, 6.45) is -8.85. The molecule has 2 heterocycles. The van der Waals surface area contributed by atoms with Gasteiger partial charge < -0.3 is 49.4 Å². The third kappa shape index (κ3) is 7.37. The van der Waals surface area contributed by atoms with Crippen molar-refractivity contribution >= 4 is 23.6 Å². The SMILES string of the molecule is CC/C(=C\COc1cccc(Cl)c1)[C@H]1O[C@@H](Oc2ccc(/C=C(\C)C(=O)N[C@@H]3C(O)C(O)C4OCO[C@H]4[C@@H]3O)cc2F)[C@@H](F)[C@@H]1O. The molecule has 1 saturated carbocycles. The third-order valence-corrected chi connectivity index (χ3v) is 8.42. The molecule has 1 aliphatic carbocycles. The molecule has 0 aromatic heterocycles. The van der Waals surface area contributed by atoms with Gasteiger partial charge in [-0.05, 0) is 67.0 Å². The summed E-state index contributed by atoms with van der Waals surface area (Å²) in [4.78, 5) is 12.8. The quantitative estimate of drug-likeness (QED) is 0.188. The van der Waals surface area contributed by atoms with E-state index in [1.54, 1.807) is 30.3 Å². The number of amides is 1. The fraction of sp³-hybridized carbons (Fsp3) is 0.469. The van der Waals surface area contributed by atoms with Gasteiger partial charge >= 0.3 is 0 Å². The summed E-state index contributed by atoms with van der Waals surface area (Å²) in [5, 5.41) is 44.9. The van der Waals surface area contributed by atoms with Crippen LogP contribution in [0.5, 0.6) is 11.5 Å². The minimum atomic E-state index is -1.97. The van der Waals surface area contributed by atoms with Crippen LogP contribution in [0.1, 0.15) is 25.8 Å². The number of ether oxygens (including phenoxy) is 5. The van der Waals surface area contributed by atoms with Gasteiger partial charge in [0, 0.05) is 10.6 Å². The number of fused-ring (bicyclic) bond motifs is 1. The Balaban J connectivity index is 1.19. The molecule has 250 valence electrons. The molecule has 2 aromatic rings. The molecular weight excluding hydrogens is 632 g/mol. The van der Waals surface area contributed by atoms with Gasteiger partial charge in [-0.3, -0.25) is 4.79 Å². The van der Waals surface area contributed by atoms with Crippen molar-refractivity contribution in [3.8, 4) is 11.5 Å². The predicted octanol–water partition coefficient (Wildman–Crippen LogP) is 2.42. The van der Waals surface area contributed by atoms with Crippen molar-refractivity contribution in [1.29, 1.82) is 0 Å². The van der Waals surface area contributed by atoms with Crippen molar-refractivity contribution < 1.29 is 57.7 Å². The normalized spacial score (nSPS) is 33.1. The molecule has 46 heavy (non-hydrogen) atoms. The Morgan fingerprint density at radius 3 is 2.50 bits per heavy atom. The lowest BCUT2D eigenvalue weighted by molar-refractivity contribution is -0.155. The molecule has 10 atom stereocenters. The Labute approximate surface area is 268 Å². The van der Waals surface area contributed by atoms with Crippen LogP contribution in [-0.4, -0.2) is 101 Å². The summed E-state index contributed by atoms with van der Waals surface area (Å²) >= 11 is 5.97. The number of rotatable bonds is 10. The molecule has 14 heteroatoms. The van der Waals surface area contributed by atoms with Crippen LogP contribution in [0.25, 0.3) is 6.08 Å². The van der Waals surface area contributed by atoms with E-state index >= 15 is 8.78 Å². The standard InChI is InChI=1S/C32H36ClF2NO10/c1-3-17(9-10-42-19-6-4-5-18(33)13-19)28-24(37)22(35)32(46-28)45-21-8-7-16(12-20(21)34)11-15(2)31(41)36-23-25(38)27(40)30-29(26(23)39)43-14-44-30/h4-9,11-13,22-30,32,37-40H,3,10,14H2,1-2H3,(H,36,41)/b15-11+,17-9+/t22-,23+,24-,25?,26+,27?,28+,29-,30?,32+/m0/s1. The molecule has 3 aliphatic rings. The molecule has 0 radical (unpaired) electrons. The van der Waals surface area contributed by atoms with E-state index in [0.717, 1.165) is 6.07 Å². The molecule has 2 aliphatic heterocycles. The first kappa shape index (κ1) is 34.2. The van der Waals surface area contributed by atoms with Crippen molar-refractivity contribution in [2.24, 2.45) is 0 Å². The third-order valence-electron chi connectivity index (χ3n) is 8.18. The number of aliphatic hydroxyl groups excluding tert-OH is 4. The number of benzene rings is 2. The summed E-state index contributed by atoms with van der Waals surface area (Å²) < 4.78 is 57.4. The van der Waals surface area contributed by atoms with E-state index in [4.69, 9.17) is 35.3 Å². The van der Waals surface area contributed by atoms with Gasteiger partial charge in [-0.2, -0.15) is 0 Å². The number of nitrogens with one attached hydrogen (secondary N) is 1. The molecule has 2 saturated heterocycles. The summed E-state index contributed by atoms with van der Waals surface area (Å²) in [6.45, 7) is 3.20. The number of hydrogen-bond donors (Lipinski definition) is 5. The molecule has 3 unspecified atom stereocenters. The average Bonchev–Trinajstić information content (AvgIpc) is 3.63. The molecule has 3 fully saturated rings. The Morgan fingerprint density at radius 2 is 1.80 bits per heavy atom. The zero-order chi connectivity index (χ0) is 33.1. The van der Waals surface area contributed by atoms with Gasteiger partial charge in [0.2, 0.25) is 12.2 Å². The molecule has 5 N–H and O–H groups in total. The summed E-state index contributed by atoms with van der Waals surface area (Å²) in [5.74, 6) is -1.36. The summed E-state index contributed by atoms with van der Waals surface area (Å²) in [5.41, 5.74) is 0.928. The monoisotopic (exact) mass is 667 g/mol. The predicted molar refractivity (Wildman–Crippen MR) is 160 cm³/mol. The van der Waals surface area contributed by atoms with Gasteiger partial charge in [0.1, 0.15) is 61.9 Å². The van der Waals surface area contributed by atoms with E-state index in [1.165, 1.54) is 25.1 Å². The van der Waals surface area contributed by atoms with Gasteiger partial charge in [0.25, 0.3) is 0 Å². The van der Waals surface area contributed by atoms with Crippen LogP contribution >= 0.6 is 11.6 Å². The highest BCUT2D eigenvalue weighted by Gasteiger charge is 2.53.